The van der Waals surface area contributed by atoms with Crippen LogP contribution in [-0.2, 0) is 14.3 Å². The van der Waals surface area contributed by atoms with Crippen LogP contribution in [0, 0.1) is 17.3 Å². The third-order valence-corrected chi connectivity index (χ3v) is 5.47. The summed E-state index contributed by atoms with van der Waals surface area (Å²) in [5.74, 6) is -3.23. The molecule has 1 aliphatic carbocycles. The average Bonchev–Trinajstić information content (AvgIpc) is 2.93. The van der Waals surface area contributed by atoms with Gasteiger partial charge in [0.15, 0.2) is 0 Å². The molecular weight excluding hydrogens is 304 g/mol. The van der Waals surface area contributed by atoms with Gasteiger partial charge in [0.1, 0.15) is 0 Å². The fourth-order valence-electron chi connectivity index (χ4n) is 3.71. The summed E-state index contributed by atoms with van der Waals surface area (Å²) in [6.07, 6.45) is 0.611. The van der Waals surface area contributed by atoms with Crippen molar-refractivity contribution >= 4 is 11.9 Å². The Labute approximate surface area is 136 Å². The highest BCUT2D eigenvalue weighted by atomic mass is 19.3. The summed E-state index contributed by atoms with van der Waals surface area (Å²) < 4.78 is 31.7. The normalized spacial score (nSPS) is 28.2. The maximum atomic E-state index is 13.3. The van der Waals surface area contributed by atoms with Gasteiger partial charge in [-0.05, 0) is 32.1 Å². The molecule has 6 heteroatoms. The highest BCUT2D eigenvalue weighted by Crippen LogP contribution is 2.42. The summed E-state index contributed by atoms with van der Waals surface area (Å²) in [4.78, 5) is 26.7. The Kier molecular flexibility index (Phi) is 5.31. The molecule has 1 aliphatic heterocycles. The third-order valence-electron chi connectivity index (χ3n) is 5.47. The van der Waals surface area contributed by atoms with E-state index >= 15 is 0 Å². The van der Waals surface area contributed by atoms with Crippen LogP contribution >= 0.6 is 0 Å². The number of nitrogens with zero attached hydrogens (tertiary/aromatic N) is 1. The molecule has 2 fully saturated rings. The van der Waals surface area contributed by atoms with E-state index in [0.717, 1.165) is 0 Å². The molecule has 2 aliphatic rings. The molecule has 132 valence electrons. The van der Waals surface area contributed by atoms with E-state index in [1.165, 1.54) is 0 Å². The molecule has 23 heavy (non-hydrogen) atoms. The van der Waals surface area contributed by atoms with Crippen molar-refractivity contribution in [1.82, 2.24) is 4.90 Å². The standard InChI is InChI=1S/C17H27F2NO3/c1-4-23-15(22)16(12(2)3)9-10-20(11-16)14(21)13-5-7-17(18,19)8-6-13/h12-13H,4-11H2,1-3H3/t16-/m0/s1. The number of rotatable bonds is 4. The first-order chi connectivity index (χ1) is 10.7. The average molecular weight is 331 g/mol. The van der Waals surface area contributed by atoms with E-state index in [9.17, 15) is 18.4 Å². The van der Waals surface area contributed by atoms with Crippen molar-refractivity contribution < 1.29 is 23.1 Å². The lowest BCUT2D eigenvalue weighted by molar-refractivity contribution is -0.158. The number of hydrogen-bond donors (Lipinski definition) is 0. The number of hydrogen-bond acceptors (Lipinski definition) is 3. The third kappa shape index (κ3) is 3.66. The first kappa shape index (κ1) is 18.1. The minimum absolute atomic E-state index is 0.0649. The van der Waals surface area contributed by atoms with Crippen LogP contribution in [0.1, 0.15) is 52.9 Å². The van der Waals surface area contributed by atoms with Crippen LogP contribution in [-0.4, -0.2) is 42.4 Å². The van der Waals surface area contributed by atoms with E-state index in [1.807, 2.05) is 13.8 Å². The van der Waals surface area contributed by atoms with Crippen LogP contribution in [0.25, 0.3) is 0 Å². The zero-order chi connectivity index (χ0) is 17.3. The van der Waals surface area contributed by atoms with E-state index in [-0.39, 0.29) is 49.4 Å². The van der Waals surface area contributed by atoms with Crippen LogP contribution in [0.15, 0.2) is 0 Å². The number of carbonyl (C=O) groups is 2. The van der Waals surface area contributed by atoms with Gasteiger partial charge in [-0.15, -0.1) is 0 Å². The van der Waals surface area contributed by atoms with Crippen molar-refractivity contribution in [3.05, 3.63) is 0 Å². The molecule has 0 aromatic heterocycles. The van der Waals surface area contributed by atoms with Crippen molar-refractivity contribution in [3.63, 3.8) is 0 Å². The predicted molar refractivity (Wildman–Crippen MR) is 82.0 cm³/mol. The Morgan fingerprint density at radius 3 is 2.35 bits per heavy atom. The summed E-state index contributed by atoms with van der Waals surface area (Å²) >= 11 is 0. The zero-order valence-corrected chi connectivity index (χ0v) is 14.2. The van der Waals surface area contributed by atoms with E-state index < -0.39 is 11.3 Å². The van der Waals surface area contributed by atoms with Crippen molar-refractivity contribution in [2.45, 2.75) is 58.8 Å². The molecule has 1 atom stereocenters. The van der Waals surface area contributed by atoms with Gasteiger partial charge in [0, 0.05) is 31.8 Å². The molecule has 0 unspecified atom stereocenters. The Morgan fingerprint density at radius 2 is 1.83 bits per heavy atom. The second-order valence-electron chi connectivity index (χ2n) is 7.17. The van der Waals surface area contributed by atoms with Gasteiger partial charge < -0.3 is 9.64 Å². The highest BCUT2D eigenvalue weighted by molar-refractivity contribution is 5.83. The molecule has 0 radical (unpaired) electrons. The van der Waals surface area contributed by atoms with E-state index in [2.05, 4.69) is 0 Å². The van der Waals surface area contributed by atoms with Crippen LogP contribution < -0.4 is 0 Å². The smallest absolute Gasteiger partial charge is 0.314 e. The van der Waals surface area contributed by atoms with Crippen molar-refractivity contribution in [1.29, 1.82) is 0 Å². The molecule has 0 aromatic carbocycles. The number of ether oxygens (including phenoxy) is 1. The monoisotopic (exact) mass is 331 g/mol. The Balaban J connectivity index is 2.03. The zero-order valence-electron chi connectivity index (χ0n) is 14.2. The molecular formula is C17H27F2NO3. The van der Waals surface area contributed by atoms with Gasteiger partial charge in [0.25, 0.3) is 0 Å². The van der Waals surface area contributed by atoms with Crippen LogP contribution in [0.4, 0.5) is 8.78 Å². The van der Waals surface area contributed by atoms with Gasteiger partial charge in [-0.2, -0.15) is 0 Å². The minimum atomic E-state index is -2.63. The molecule has 0 bridgehead atoms. The van der Waals surface area contributed by atoms with Gasteiger partial charge in [0.2, 0.25) is 11.8 Å². The van der Waals surface area contributed by atoms with Gasteiger partial charge in [-0.1, -0.05) is 13.8 Å². The molecule has 4 nitrogen and oxygen atoms in total. The number of likely N-dealkylation sites (tertiary alicyclic amines) is 1. The molecule has 0 N–H and O–H groups in total. The Morgan fingerprint density at radius 1 is 1.22 bits per heavy atom. The van der Waals surface area contributed by atoms with E-state index in [4.69, 9.17) is 4.74 Å². The fourth-order valence-corrected chi connectivity index (χ4v) is 3.71. The van der Waals surface area contributed by atoms with Crippen molar-refractivity contribution in [2.24, 2.45) is 17.3 Å². The van der Waals surface area contributed by atoms with Gasteiger partial charge in [-0.25, -0.2) is 8.78 Å². The predicted octanol–water partition coefficient (Wildman–Crippen LogP) is 3.25. The Bertz CT molecular complexity index is 457. The fraction of sp³-hybridized carbons (Fsp3) is 0.882. The first-order valence-electron chi connectivity index (χ1n) is 8.55. The van der Waals surface area contributed by atoms with Gasteiger partial charge >= 0.3 is 5.97 Å². The first-order valence-corrected chi connectivity index (χ1v) is 8.55. The Hall–Kier alpha value is -1.20. The summed E-state index contributed by atoms with van der Waals surface area (Å²) in [5.41, 5.74) is -0.662. The van der Waals surface area contributed by atoms with E-state index in [1.54, 1.807) is 11.8 Å². The van der Waals surface area contributed by atoms with Crippen LogP contribution in [0.3, 0.4) is 0 Å². The topological polar surface area (TPSA) is 46.6 Å². The number of amides is 1. The lowest BCUT2D eigenvalue weighted by Crippen LogP contribution is -2.44. The molecule has 0 spiro atoms. The van der Waals surface area contributed by atoms with Crippen LogP contribution in [0.2, 0.25) is 0 Å². The number of halogens is 2. The maximum Gasteiger partial charge on any atom is 0.314 e. The summed E-state index contributed by atoms with van der Waals surface area (Å²) in [7, 11) is 0. The largest absolute Gasteiger partial charge is 0.466 e. The second kappa shape index (κ2) is 6.73. The van der Waals surface area contributed by atoms with Crippen molar-refractivity contribution in [2.75, 3.05) is 19.7 Å². The molecule has 1 saturated heterocycles. The van der Waals surface area contributed by atoms with Gasteiger partial charge in [0.05, 0.1) is 12.0 Å². The lowest BCUT2D eigenvalue weighted by Gasteiger charge is -2.33. The molecule has 1 heterocycles. The van der Waals surface area contributed by atoms with Crippen molar-refractivity contribution in [3.8, 4) is 0 Å². The van der Waals surface area contributed by atoms with E-state index in [0.29, 0.717) is 26.1 Å². The lowest BCUT2D eigenvalue weighted by atomic mass is 9.76. The summed E-state index contributed by atoms with van der Waals surface area (Å²) in [6.45, 7) is 6.86. The molecule has 1 amide bonds. The SMILES string of the molecule is CCOC(=O)[C@@]1(C(C)C)CCN(C(=O)C2CCC(F)(F)CC2)C1. The molecule has 2 rings (SSSR count). The molecule has 0 aromatic rings. The highest BCUT2D eigenvalue weighted by Gasteiger charge is 2.50. The van der Waals surface area contributed by atoms with Gasteiger partial charge in [-0.3, -0.25) is 9.59 Å². The minimum Gasteiger partial charge on any atom is -0.466 e. The summed E-state index contributed by atoms with van der Waals surface area (Å²) in [6, 6.07) is 0. The number of esters is 1. The summed E-state index contributed by atoms with van der Waals surface area (Å²) in [5, 5.41) is 0. The number of carbonyl (C=O) groups excluding carboxylic acids is 2. The maximum absolute atomic E-state index is 13.3. The molecule has 1 saturated carbocycles. The quantitative estimate of drug-likeness (QED) is 0.743. The second-order valence-corrected chi connectivity index (χ2v) is 7.17. The number of alkyl halides is 2. The van der Waals surface area contributed by atoms with Crippen LogP contribution in [0.5, 0.6) is 0 Å².